The number of nitrogens with two attached hydrogens (primary N) is 1. The van der Waals surface area contributed by atoms with Crippen LogP contribution in [-0.4, -0.2) is 12.1 Å². The molecular formula is C8H14BrN. The molecule has 2 heterocycles. The van der Waals surface area contributed by atoms with Crippen LogP contribution in [-0.2, 0) is 0 Å². The molecule has 1 saturated carbocycles. The number of rotatable bonds is 0. The first kappa shape index (κ1) is 7.11. The summed E-state index contributed by atoms with van der Waals surface area (Å²) in [4.78, 5) is 0. The first-order valence-corrected chi connectivity index (χ1v) is 4.30. The minimum Gasteiger partial charge on any atom is -1.00 e. The highest BCUT2D eigenvalue weighted by atomic mass is 79.9. The van der Waals surface area contributed by atoms with E-state index in [1.54, 1.807) is 6.42 Å². The zero-order chi connectivity index (χ0) is 5.84. The predicted molar refractivity (Wildman–Crippen MR) is 34.9 cm³/mol. The van der Waals surface area contributed by atoms with Gasteiger partial charge in [0.05, 0.1) is 12.1 Å². The van der Waals surface area contributed by atoms with Crippen LogP contribution < -0.4 is 22.3 Å². The molecule has 58 valence electrons. The van der Waals surface area contributed by atoms with Gasteiger partial charge in [-0.15, -0.1) is 0 Å². The van der Waals surface area contributed by atoms with Gasteiger partial charge >= 0.3 is 0 Å². The normalized spacial score (nSPS) is 55.2. The van der Waals surface area contributed by atoms with Crippen molar-refractivity contribution in [3.05, 3.63) is 0 Å². The molecule has 4 atom stereocenters. The minimum atomic E-state index is 0. The van der Waals surface area contributed by atoms with Gasteiger partial charge in [-0.1, -0.05) is 0 Å². The second-order valence-corrected chi connectivity index (χ2v) is 4.01. The summed E-state index contributed by atoms with van der Waals surface area (Å²) in [6.07, 6.45) is 6.17. The molecule has 0 aromatic heterocycles. The van der Waals surface area contributed by atoms with Crippen molar-refractivity contribution in [2.75, 3.05) is 0 Å². The second-order valence-electron chi connectivity index (χ2n) is 4.01. The fourth-order valence-corrected chi connectivity index (χ4v) is 3.03. The van der Waals surface area contributed by atoms with E-state index in [1.807, 2.05) is 0 Å². The Bertz CT molecular complexity index is 134. The standard InChI is InChI=1S/C8H13N.BrH/c1-2-7-5-4-6(5)8(3-1)9-7;/h5-9H,1-4H2;1H. The Morgan fingerprint density at radius 3 is 2.10 bits per heavy atom. The lowest BCUT2D eigenvalue weighted by Gasteiger charge is -2.20. The maximum atomic E-state index is 2.66. The Morgan fingerprint density at radius 1 is 1.00 bits per heavy atom. The largest absolute Gasteiger partial charge is 1.00 e. The van der Waals surface area contributed by atoms with Crippen LogP contribution in [0.3, 0.4) is 0 Å². The number of hydrogen-bond donors (Lipinski definition) is 1. The molecule has 0 radical (unpaired) electrons. The van der Waals surface area contributed by atoms with Gasteiger partial charge in [-0.25, -0.2) is 0 Å². The number of piperidine rings is 2. The van der Waals surface area contributed by atoms with E-state index in [1.165, 1.54) is 31.1 Å². The Morgan fingerprint density at radius 2 is 1.60 bits per heavy atom. The van der Waals surface area contributed by atoms with Crippen LogP contribution in [0.25, 0.3) is 0 Å². The van der Waals surface area contributed by atoms with E-state index in [0.29, 0.717) is 0 Å². The molecule has 0 aromatic carbocycles. The second kappa shape index (κ2) is 2.21. The zero-order valence-electron chi connectivity index (χ0n) is 6.09. The van der Waals surface area contributed by atoms with Gasteiger partial charge in [0.2, 0.25) is 0 Å². The van der Waals surface area contributed by atoms with Gasteiger partial charge < -0.3 is 22.3 Å². The summed E-state index contributed by atoms with van der Waals surface area (Å²) < 4.78 is 0. The van der Waals surface area contributed by atoms with E-state index >= 15 is 0 Å². The van der Waals surface area contributed by atoms with Crippen LogP contribution in [0, 0.1) is 11.8 Å². The molecule has 2 heteroatoms. The topological polar surface area (TPSA) is 16.6 Å². The van der Waals surface area contributed by atoms with Gasteiger partial charge in [0, 0.05) is 11.8 Å². The van der Waals surface area contributed by atoms with Gasteiger partial charge in [0.1, 0.15) is 0 Å². The SMILES string of the molecule is C1CC2[NH2+]C(C1)C1CC21.[Br-]. The Balaban J connectivity index is 0.000000403. The molecule has 2 N–H and O–H groups in total. The van der Waals surface area contributed by atoms with Crippen LogP contribution >= 0.6 is 0 Å². The average Bonchev–Trinajstić information content (AvgIpc) is 2.62. The summed E-state index contributed by atoms with van der Waals surface area (Å²) in [5.74, 6) is 2.36. The molecule has 2 aliphatic heterocycles. The molecule has 10 heavy (non-hydrogen) atoms. The molecule has 3 rings (SSSR count). The molecular weight excluding hydrogens is 190 g/mol. The van der Waals surface area contributed by atoms with Gasteiger partial charge in [0.15, 0.2) is 0 Å². The number of quaternary nitrogens is 1. The van der Waals surface area contributed by atoms with Crippen molar-refractivity contribution < 1.29 is 22.3 Å². The Labute approximate surface area is 72.3 Å². The van der Waals surface area contributed by atoms with E-state index in [4.69, 9.17) is 0 Å². The molecule has 3 aliphatic rings. The molecule has 4 unspecified atom stereocenters. The van der Waals surface area contributed by atoms with Crippen molar-refractivity contribution >= 4 is 0 Å². The third-order valence-electron chi connectivity index (χ3n) is 3.56. The van der Waals surface area contributed by atoms with E-state index in [0.717, 1.165) is 12.1 Å². The highest BCUT2D eigenvalue weighted by Crippen LogP contribution is 2.49. The van der Waals surface area contributed by atoms with E-state index in [-0.39, 0.29) is 17.0 Å². The van der Waals surface area contributed by atoms with Gasteiger partial charge in [0.25, 0.3) is 0 Å². The highest BCUT2D eigenvalue weighted by molar-refractivity contribution is 5.01. The lowest BCUT2D eigenvalue weighted by Crippen LogP contribution is -3.00. The Hall–Kier alpha value is 0.440. The first-order chi connectivity index (χ1) is 4.45. The monoisotopic (exact) mass is 203 g/mol. The minimum absolute atomic E-state index is 0. The maximum Gasteiger partial charge on any atom is 0.0894 e. The van der Waals surface area contributed by atoms with E-state index < -0.39 is 0 Å². The zero-order valence-corrected chi connectivity index (χ0v) is 7.68. The molecule has 0 spiro atoms. The fourth-order valence-electron chi connectivity index (χ4n) is 3.03. The third-order valence-corrected chi connectivity index (χ3v) is 3.56. The lowest BCUT2D eigenvalue weighted by molar-refractivity contribution is -0.718. The summed E-state index contributed by atoms with van der Waals surface area (Å²) in [5, 5.41) is 2.66. The van der Waals surface area contributed by atoms with Crippen LogP contribution in [0.15, 0.2) is 0 Å². The molecule has 1 nitrogen and oxygen atoms in total. The molecule has 2 saturated heterocycles. The number of halogens is 1. The van der Waals surface area contributed by atoms with Crippen molar-refractivity contribution in [1.82, 2.24) is 0 Å². The average molecular weight is 204 g/mol. The third kappa shape index (κ3) is 0.782. The van der Waals surface area contributed by atoms with Gasteiger partial charge in [-0.05, 0) is 25.7 Å². The quantitative estimate of drug-likeness (QED) is 0.436. The van der Waals surface area contributed by atoms with Crippen LogP contribution in [0.2, 0.25) is 0 Å². The highest BCUT2D eigenvalue weighted by Gasteiger charge is 2.58. The lowest BCUT2D eigenvalue weighted by atomic mass is 10.0. The van der Waals surface area contributed by atoms with Crippen LogP contribution in [0.4, 0.5) is 0 Å². The summed E-state index contributed by atoms with van der Waals surface area (Å²) in [7, 11) is 0. The Kier molecular flexibility index (Phi) is 1.57. The van der Waals surface area contributed by atoms with E-state index in [9.17, 15) is 0 Å². The van der Waals surface area contributed by atoms with Gasteiger partial charge in [-0.2, -0.15) is 0 Å². The maximum absolute atomic E-state index is 2.66. The van der Waals surface area contributed by atoms with Crippen molar-refractivity contribution in [2.24, 2.45) is 11.8 Å². The number of fused-ring (bicyclic) bond motifs is 5. The predicted octanol–water partition coefficient (Wildman–Crippen LogP) is -2.88. The van der Waals surface area contributed by atoms with E-state index in [2.05, 4.69) is 5.32 Å². The van der Waals surface area contributed by atoms with Crippen molar-refractivity contribution in [1.29, 1.82) is 0 Å². The number of hydrogen-bond acceptors (Lipinski definition) is 0. The molecule has 0 aromatic rings. The van der Waals surface area contributed by atoms with Crippen LogP contribution in [0.5, 0.6) is 0 Å². The fraction of sp³-hybridized carbons (Fsp3) is 1.00. The molecule has 3 fully saturated rings. The van der Waals surface area contributed by atoms with Crippen molar-refractivity contribution in [3.8, 4) is 0 Å². The first-order valence-electron chi connectivity index (χ1n) is 4.30. The summed E-state index contributed by atoms with van der Waals surface area (Å²) in [6, 6.07) is 2.16. The van der Waals surface area contributed by atoms with Crippen LogP contribution in [0.1, 0.15) is 25.7 Å². The van der Waals surface area contributed by atoms with Gasteiger partial charge in [-0.3, -0.25) is 0 Å². The molecule has 2 bridgehead atoms. The summed E-state index contributed by atoms with van der Waals surface area (Å²) >= 11 is 0. The molecule has 0 amide bonds. The molecule has 1 aliphatic carbocycles. The smallest absolute Gasteiger partial charge is 0.0894 e. The van der Waals surface area contributed by atoms with Crippen molar-refractivity contribution in [2.45, 2.75) is 37.8 Å². The summed E-state index contributed by atoms with van der Waals surface area (Å²) in [6.45, 7) is 0. The summed E-state index contributed by atoms with van der Waals surface area (Å²) in [5.41, 5.74) is 0. The van der Waals surface area contributed by atoms with Crippen molar-refractivity contribution in [3.63, 3.8) is 0 Å².